The van der Waals surface area contributed by atoms with Crippen molar-refractivity contribution in [1.29, 1.82) is 0 Å². The molecule has 3 N–H and O–H groups in total. The third-order valence-corrected chi connectivity index (χ3v) is 3.08. The SMILES string of the molecule is CC(Oc1cncc(Cl)c1)C(=O)Nc1ccc(Cl)cc1N. The molecule has 0 saturated carbocycles. The van der Waals surface area contributed by atoms with Gasteiger partial charge in [-0.05, 0) is 25.1 Å². The molecule has 7 heteroatoms. The van der Waals surface area contributed by atoms with Crippen LogP contribution in [0.4, 0.5) is 11.4 Å². The fourth-order valence-electron chi connectivity index (χ4n) is 1.60. The number of ether oxygens (including phenoxy) is 1. The first kappa shape index (κ1) is 15.4. The molecule has 0 radical (unpaired) electrons. The van der Waals surface area contributed by atoms with Gasteiger partial charge in [0.15, 0.2) is 6.10 Å². The van der Waals surface area contributed by atoms with Crippen LogP contribution in [-0.2, 0) is 4.79 Å². The Hall–Kier alpha value is -1.98. The Labute approximate surface area is 132 Å². The van der Waals surface area contributed by atoms with E-state index in [1.165, 1.54) is 12.4 Å². The Bertz CT molecular complexity index is 664. The molecule has 2 rings (SSSR count). The molecule has 2 aromatic rings. The number of benzene rings is 1. The van der Waals surface area contributed by atoms with Crippen LogP contribution in [0.3, 0.4) is 0 Å². The fourth-order valence-corrected chi connectivity index (χ4v) is 1.94. The molecule has 110 valence electrons. The number of carbonyl (C=O) groups excluding carboxylic acids is 1. The van der Waals surface area contributed by atoms with Crippen LogP contribution in [0, 0.1) is 0 Å². The van der Waals surface area contributed by atoms with Crippen molar-refractivity contribution in [1.82, 2.24) is 4.98 Å². The van der Waals surface area contributed by atoms with Crippen LogP contribution in [0.25, 0.3) is 0 Å². The summed E-state index contributed by atoms with van der Waals surface area (Å²) in [6.45, 7) is 1.61. The summed E-state index contributed by atoms with van der Waals surface area (Å²) in [5.74, 6) is 0.0678. The number of halogens is 2. The van der Waals surface area contributed by atoms with Crippen molar-refractivity contribution in [3.8, 4) is 5.75 Å². The van der Waals surface area contributed by atoms with Crippen LogP contribution in [-0.4, -0.2) is 17.0 Å². The first-order valence-electron chi connectivity index (χ1n) is 6.09. The molecule has 1 aromatic heterocycles. The summed E-state index contributed by atoms with van der Waals surface area (Å²) in [5, 5.41) is 3.60. The first-order valence-corrected chi connectivity index (χ1v) is 6.84. The number of hydrogen-bond donors (Lipinski definition) is 2. The van der Waals surface area contributed by atoms with Crippen LogP contribution < -0.4 is 15.8 Å². The fraction of sp³-hybridized carbons (Fsp3) is 0.143. The second kappa shape index (κ2) is 6.65. The molecule has 1 aromatic carbocycles. The van der Waals surface area contributed by atoms with Crippen molar-refractivity contribution in [2.45, 2.75) is 13.0 Å². The lowest BCUT2D eigenvalue weighted by Gasteiger charge is -2.15. The topological polar surface area (TPSA) is 77.2 Å². The molecule has 0 saturated heterocycles. The first-order chi connectivity index (χ1) is 9.95. The van der Waals surface area contributed by atoms with Gasteiger partial charge in [0.2, 0.25) is 0 Å². The van der Waals surface area contributed by atoms with Crippen LogP contribution in [0.2, 0.25) is 10.0 Å². The van der Waals surface area contributed by atoms with E-state index in [0.717, 1.165) is 0 Å². The van der Waals surface area contributed by atoms with E-state index < -0.39 is 6.10 Å². The minimum absolute atomic E-state index is 0.344. The molecular formula is C14H13Cl2N3O2. The van der Waals surface area contributed by atoms with Crippen molar-refractivity contribution < 1.29 is 9.53 Å². The van der Waals surface area contributed by atoms with E-state index >= 15 is 0 Å². The third-order valence-electron chi connectivity index (χ3n) is 2.63. The number of pyridine rings is 1. The van der Waals surface area contributed by atoms with E-state index in [9.17, 15) is 4.79 Å². The molecule has 0 aliphatic carbocycles. The molecule has 0 spiro atoms. The third kappa shape index (κ3) is 4.24. The minimum atomic E-state index is -0.736. The number of hydrogen-bond acceptors (Lipinski definition) is 4. The van der Waals surface area contributed by atoms with Gasteiger partial charge < -0.3 is 15.8 Å². The van der Waals surface area contributed by atoms with Crippen molar-refractivity contribution in [3.63, 3.8) is 0 Å². The van der Waals surface area contributed by atoms with Gasteiger partial charge in [-0.3, -0.25) is 9.78 Å². The van der Waals surface area contributed by atoms with E-state index in [2.05, 4.69) is 10.3 Å². The Kier molecular flexibility index (Phi) is 4.88. The Morgan fingerprint density at radius 2 is 2.05 bits per heavy atom. The van der Waals surface area contributed by atoms with Gasteiger partial charge in [-0.15, -0.1) is 0 Å². The highest BCUT2D eigenvalue weighted by atomic mass is 35.5. The summed E-state index contributed by atoms with van der Waals surface area (Å²) in [7, 11) is 0. The number of rotatable bonds is 4. The molecule has 1 unspecified atom stereocenters. The molecule has 1 amide bonds. The maximum absolute atomic E-state index is 12.1. The summed E-state index contributed by atoms with van der Waals surface area (Å²) in [6.07, 6.45) is 2.22. The van der Waals surface area contributed by atoms with Crippen LogP contribution in [0.15, 0.2) is 36.7 Å². The predicted octanol–water partition coefficient (Wildman–Crippen LogP) is 3.38. The maximum Gasteiger partial charge on any atom is 0.265 e. The largest absolute Gasteiger partial charge is 0.479 e. The van der Waals surface area contributed by atoms with E-state index in [0.29, 0.717) is 27.2 Å². The lowest BCUT2D eigenvalue weighted by atomic mass is 10.2. The highest BCUT2D eigenvalue weighted by Crippen LogP contribution is 2.23. The quantitative estimate of drug-likeness (QED) is 0.845. The van der Waals surface area contributed by atoms with Crippen molar-refractivity contribution in [2.75, 3.05) is 11.1 Å². The number of carbonyl (C=O) groups is 1. The molecule has 0 aliphatic rings. The van der Waals surface area contributed by atoms with Gasteiger partial charge in [0, 0.05) is 17.3 Å². The lowest BCUT2D eigenvalue weighted by molar-refractivity contribution is -0.122. The van der Waals surface area contributed by atoms with Crippen LogP contribution in [0.1, 0.15) is 6.92 Å². The normalized spacial score (nSPS) is 11.8. The van der Waals surface area contributed by atoms with Gasteiger partial charge >= 0.3 is 0 Å². The van der Waals surface area contributed by atoms with Crippen molar-refractivity contribution in [3.05, 3.63) is 46.7 Å². The summed E-state index contributed by atoms with van der Waals surface area (Å²) in [4.78, 5) is 15.9. The zero-order valence-electron chi connectivity index (χ0n) is 11.1. The summed E-state index contributed by atoms with van der Waals surface area (Å²) in [6, 6.07) is 6.40. The highest BCUT2D eigenvalue weighted by molar-refractivity contribution is 6.31. The van der Waals surface area contributed by atoms with E-state index in [4.69, 9.17) is 33.7 Å². The zero-order valence-corrected chi connectivity index (χ0v) is 12.7. The van der Waals surface area contributed by atoms with Gasteiger partial charge in [0.1, 0.15) is 5.75 Å². The number of nitrogens with two attached hydrogens (primary N) is 1. The van der Waals surface area contributed by atoms with Gasteiger partial charge in [0.25, 0.3) is 5.91 Å². The Morgan fingerprint density at radius 1 is 1.29 bits per heavy atom. The van der Waals surface area contributed by atoms with E-state index in [1.807, 2.05) is 0 Å². The highest BCUT2D eigenvalue weighted by Gasteiger charge is 2.16. The zero-order chi connectivity index (χ0) is 15.4. The molecular weight excluding hydrogens is 313 g/mol. The number of nitrogens with zero attached hydrogens (tertiary/aromatic N) is 1. The summed E-state index contributed by atoms with van der Waals surface area (Å²) in [5.41, 5.74) is 6.63. The molecule has 1 atom stereocenters. The van der Waals surface area contributed by atoms with Crippen LogP contribution in [0.5, 0.6) is 5.75 Å². The maximum atomic E-state index is 12.1. The van der Waals surface area contributed by atoms with Gasteiger partial charge in [-0.1, -0.05) is 23.2 Å². The molecule has 0 bridgehead atoms. The summed E-state index contributed by atoms with van der Waals surface area (Å²) < 4.78 is 5.47. The lowest BCUT2D eigenvalue weighted by Crippen LogP contribution is -2.30. The molecule has 0 aliphatic heterocycles. The smallest absolute Gasteiger partial charge is 0.265 e. The molecule has 1 heterocycles. The average molecular weight is 326 g/mol. The molecule has 5 nitrogen and oxygen atoms in total. The number of amides is 1. The van der Waals surface area contributed by atoms with Gasteiger partial charge in [-0.25, -0.2) is 0 Å². The Balaban J connectivity index is 2.02. The number of nitrogens with one attached hydrogen (secondary N) is 1. The second-order valence-corrected chi connectivity index (χ2v) is 5.19. The Morgan fingerprint density at radius 3 is 2.71 bits per heavy atom. The monoisotopic (exact) mass is 325 g/mol. The number of anilines is 2. The number of aromatic nitrogens is 1. The van der Waals surface area contributed by atoms with E-state index in [-0.39, 0.29) is 5.91 Å². The molecule has 21 heavy (non-hydrogen) atoms. The number of nitrogen functional groups attached to an aromatic ring is 1. The van der Waals surface area contributed by atoms with Crippen LogP contribution >= 0.6 is 23.2 Å². The van der Waals surface area contributed by atoms with Gasteiger partial charge in [-0.2, -0.15) is 0 Å². The van der Waals surface area contributed by atoms with Crippen molar-refractivity contribution >= 4 is 40.5 Å². The average Bonchev–Trinajstić information content (AvgIpc) is 2.41. The van der Waals surface area contributed by atoms with Crippen molar-refractivity contribution in [2.24, 2.45) is 0 Å². The predicted molar refractivity (Wildman–Crippen MR) is 83.8 cm³/mol. The van der Waals surface area contributed by atoms with Gasteiger partial charge in [0.05, 0.1) is 22.6 Å². The standard InChI is InChI=1S/C14H13Cl2N3O2/c1-8(21-11-4-10(16)6-18-7-11)14(20)19-13-3-2-9(15)5-12(13)17/h2-8H,17H2,1H3,(H,19,20). The second-order valence-electron chi connectivity index (χ2n) is 4.32. The van der Waals surface area contributed by atoms with E-state index in [1.54, 1.807) is 31.2 Å². The molecule has 0 fully saturated rings. The minimum Gasteiger partial charge on any atom is -0.479 e. The summed E-state index contributed by atoms with van der Waals surface area (Å²) >= 11 is 11.6.